The minimum absolute atomic E-state index is 0.000380. The molecule has 0 atom stereocenters. The van der Waals surface area contributed by atoms with Gasteiger partial charge >= 0.3 is 419 Å². The molecule has 7 heteroatoms. The quantitative estimate of drug-likeness (QED) is 0.0792. The zero-order valence-corrected chi connectivity index (χ0v) is 47.2. The van der Waals surface area contributed by atoms with Gasteiger partial charge in [0, 0.05) is 0 Å². The number of hydrogen-bond acceptors (Lipinski definition) is 5. The summed E-state index contributed by atoms with van der Waals surface area (Å²) < 4.78 is 29.5. The maximum atomic E-state index is 14.7. The zero-order valence-electron chi connectivity index (χ0n) is 45.5. The van der Waals surface area contributed by atoms with Gasteiger partial charge in [-0.3, -0.25) is 0 Å². The predicted molar refractivity (Wildman–Crippen MR) is 298 cm³/mol. The van der Waals surface area contributed by atoms with Gasteiger partial charge in [0.2, 0.25) is 0 Å². The fourth-order valence-corrected chi connectivity index (χ4v) is 13.4. The van der Waals surface area contributed by atoms with Crippen molar-refractivity contribution in [2.75, 3.05) is 0 Å². The van der Waals surface area contributed by atoms with E-state index in [0.29, 0.717) is 17.5 Å². The molecule has 5 nitrogen and oxygen atoms in total. The molecule has 0 fully saturated rings. The summed E-state index contributed by atoms with van der Waals surface area (Å²) in [7, 11) is -10.4. The van der Waals surface area contributed by atoms with E-state index in [4.69, 9.17) is 0 Å². The molecule has 0 saturated heterocycles. The van der Waals surface area contributed by atoms with E-state index in [1.165, 1.54) is 28.8 Å². The fraction of sp³-hybridized carbons (Fsp3) is 0.484. The molecule has 0 aliphatic rings. The van der Waals surface area contributed by atoms with E-state index in [0.717, 1.165) is 64.8 Å². The molecule has 0 saturated carbocycles. The molecule has 6 aromatic carbocycles. The van der Waals surface area contributed by atoms with Crippen LogP contribution in [-0.2, 0) is 42.3 Å². The van der Waals surface area contributed by atoms with Crippen molar-refractivity contribution < 1.29 is 23.1 Å². The van der Waals surface area contributed by atoms with Gasteiger partial charge < -0.3 is 0 Å². The Bertz CT molecular complexity index is 3020. The second kappa shape index (κ2) is 18.3. The van der Waals surface area contributed by atoms with Crippen molar-refractivity contribution in [1.29, 1.82) is 0 Å². The molecular weight excluding hydrogens is 888 g/mol. The maximum absolute atomic E-state index is 14.7. The average Bonchev–Trinajstić information content (AvgIpc) is 3.32. The van der Waals surface area contributed by atoms with Crippen LogP contribution in [0.25, 0.3) is 32.7 Å². The van der Waals surface area contributed by atoms with E-state index in [1.54, 1.807) is 36.4 Å². The first-order chi connectivity index (χ1) is 31.7. The van der Waals surface area contributed by atoms with Crippen molar-refractivity contribution >= 4 is 49.3 Å². The van der Waals surface area contributed by atoms with Crippen molar-refractivity contribution in [3.8, 4) is 11.1 Å². The topological polar surface area (TPSA) is 94.8 Å². The van der Waals surface area contributed by atoms with Gasteiger partial charge in [0.05, 0.1) is 0 Å². The van der Waals surface area contributed by atoms with Gasteiger partial charge in [-0.15, -0.1) is 0 Å². The first-order valence-electron chi connectivity index (χ1n) is 25.7. The Labute approximate surface area is 417 Å². The minimum atomic E-state index is -6.27. The van der Waals surface area contributed by atoms with Crippen molar-refractivity contribution in [2.45, 2.75) is 205 Å². The van der Waals surface area contributed by atoms with Crippen LogP contribution >= 0.6 is 7.28 Å². The molecule has 0 spiro atoms. The molecule has 374 valence electrons. The van der Waals surface area contributed by atoms with Crippen LogP contribution < -0.4 is 10.6 Å². The molecule has 69 heavy (non-hydrogen) atoms. The molecule has 0 radical (unpaired) electrons. The second-order valence-corrected chi connectivity index (χ2v) is 29.0. The Morgan fingerprint density at radius 2 is 0.797 bits per heavy atom. The summed E-state index contributed by atoms with van der Waals surface area (Å²) in [5.41, 5.74) is 5.40. The zero-order chi connectivity index (χ0) is 51.7. The van der Waals surface area contributed by atoms with Crippen LogP contribution in [0.1, 0.15) is 197 Å². The monoisotopic (exact) mass is 973 g/mol. The van der Waals surface area contributed by atoms with Crippen LogP contribution in [0, 0.1) is 0 Å². The number of fused-ring (bicyclic) bond motifs is 2. The fourth-order valence-electron chi connectivity index (χ4n) is 9.67. The summed E-state index contributed by atoms with van der Waals surface area (Å²) >= 11 is 0. The molecular formula is C62H85O5PS. The van der Waals surface area contributed by atoms with Gasteiger partial charge in [-0.1, -0.05) is 0 Å². The standard InChI is InChI=1S/C62H85O5PS/c1-19-57(7,8)43-32-41-34-51(59(11,12)21-3)49(39-47(41)52(36-43)60(13,14)22-4)50-38-46(69(66,67)45-28-26-25-27-29-45)30-31-55(50)68(63,64,65)56-40-48-42(35-54(56)62(17,18)24-6)33-44(58(9,10)20-2)37-53(48)61(15,16)23-5/h25-40,63-65H,19-24H2,1-18H3. The third-order valence-corrected chi connectivity index (χ3v) is 21.8. The van der Waals surface area contributed by atoms with Crippen LogP contribution in [0.3, 0.4) is 0 Å². The Kier molecular flexibility index (Phi) is 14.4. The molecule has 0 aromatic heterocycles. The van der Waals surface area contributed by atoms with Gasteiger partial charge in [0.1, 0.15) is 0 Å². The normalized spacial score (nSPS) is 14.4. The number of benzene rings is 6. The summed E-state index contributed by atoms with van der Waals surface area (Å²) in [4.78, 5) is 41.2. The molecule has 6 aromatic rings. The molecule has 6 rings (SSSR count). The average molecular weight is 973 g/mol. The SMILES string of the molecule is CCC(C)(C)c1cc(C(C)(C)CC)c2cc(-c3cc(S(=O)(=O)c4ccccc4)ccc3P(O)(O)(O)c3cc4c(C(C)(C)CC)cc(C(C)(C)CC)cc4cc3C(C)(C)CC)c(C(C)(C)CC)cc2c1. The number of sulfone groups is 1. The Morgan fingerprint density at radius 1 is 0.391 bits per heavy atom. The third kappa shape index (κ3) is 9.77. The van der Waals surface area contributed by atoms with Crippen molar-refractivity contribution in [2.24, 2.45) is 0 Å². The molecule has 0 bridgehead atoms. The molecule has 3 N–H and O–H groups in total. The molecule has 0 aliphatic heterocycles. The van der Waals surface area contributed by atoms with Crippen LogP contribution in [0.2, 0.25) is 0 Å². The van der Waals surface area contributed by atoms with Gasteiger partial charge in [0.15, 0.2) is 0 Å². The van der Waals surface area contributed by atoms with E-state index < -0.39 is 28.0 Å². The van der Waals surface area contributed by atoms with E-state index in [9.17, 15) is 23.1 Å². The molecule has 0 aliphatic carbocycles. The first-order valence-corrected chi connectivity index (χ1v) is 29.2. The Balaban J connectivity index is 1.88. The molecule has 0 unspecified atom stereocenters. The van der Waals surface area contributed by atoms with Crippen LogP contribution in [0.15, 0.2) is 107 Å². The van der Waals surface area contributed by atoms with Crippen LogP contribution in [0.5, 0.6) is 0 Å². The van der Waals surface area contributed by atoms with Gasteiger partial charge in [-0.2, -0.15) is 0 Å². The van der Waals surface area contributed by atoms with Crippen molar-refractivity contribution in [3.05, 3.63) is 130 Å². The van der Waals surface area contributed by atoms with E-state index in [-0.39, 0.29) is 47.6 Å². The Hall–Kier alpha value is -3.90. The summed E-state index contributed by atoms with van der Waals surface area (Å²) in [5.74, 6) is 0. The second-order valence-electron chi connectivity index (χ2n) is 24.2. The third-order valence-electron chi connectivity index (χ3n) is 17.5. The summed E-state index contributed by atoms with van der Waals surface area (Å²) in [6.45, 7) is 39.7. The van der Waals surface area contributed by atoms with Crippen LogP contribution in [0.4, 0.5) is 0 Å². The summed E-state index contributed by atoms with van der Waals surface area (Å²) in [5, 5.41) is 3.92. The van der Waals surface area contributed by atoms with Crippen LogP contribution in [-0.4, -0.2) is 23.1 Å². The van der Waals surface area contributed by atoms with E-state index in [1.807, 2.05) is 6.07 Å². The molecule has 0 amide bonds. The Morgan fingerprint density at radius 3 is 1.25 bits per heavy atom. The van der Waals surface area contributed by atoms with Gasteiger partial charge in [-0.25, -0.2) is 0 Å². The van der Waals surface area contributed by atoms with Gasteiger partial charge in [-0.05, 0) is 0 Å². The summed E-state index contributed by atoms with van der Waals surface area (Å²) in [6, 6.07) is 30.4. The first kappa shape index (κ1) is 54.4. The van der Waals surface area contributed by atoms with Crippen molar-refractivity contribution in [1.82, 2.24) is 0 Å². The number of hydrogen-bond donors (Lipinski definition) is 3. The van der Waals surface area contributed by atoms with Crippen molar-refractivity contribution in [3.63, 3.8) is 0 Å². The van der Waals surface area contributed by atoms with Gasteiger partial charge in [0.25, 0.3) is 0 Å². The van der Waals surface area contributed by atoms with E-state index in [2.05, 4.69) is 167 Å². The predicted octanol–water partition coefficient (Wildman–Crippen LogP) is 15.8. The summed E-state index contributed by atoms with van der Waals surface area (Å²) in [6.07, 6.45) is 5.00. The molecule has 0 heterocycles. The van der Waals surface area contributed by atoms with E-state index >= 15 is 0 Å². The number of rotatable bonds is 17.